The maximum absolute atomic E-state index is 12.2. The minimum absolute atomic E-state index is 0.196. The fraction of sp³-hybridized carbons (Fsp3) is 0.941. The molecule has 0 aliphatic heterocycles. The van der Waals surface area contributed by atoms with E-state index in [1.54, 1.807) is 0 Å². The molecule has 1 amide bonds. The molecule has 1 fully saturated rings. The Morgan fingerprint density at radius 2 is 2.00 bits per heavy atom. The summed E-state index contributed by atoms with van der Waals surface area (Å²) >= 11 is 0. The molecule has 124 valence electrons. The standard InChI is InChI=1S/C17H34N2O2/c1-7-11-19(15(20)21-16(2,3)4)12-10-18-14-8-9-17(5,6)13-14/h14,18H,7-13H2,1-6H3. The third-order valence-corrected chi connectivity index (χ3v) is 3.93. The van der Waals surface area contributed by atoms with Crippen molar-refractivity contribution in [2.45, 2.75) is 78.9 Å². The molecule has 1 N–H and O–H groups in total. The molecule has 4 nitrogen and oxygen atoms in total. The predicted octanol–water partition coefficient (Wildman–Crippen LogP) is 3.80. The van der Waals surface area contributed by atoms with Crippen LogP contribution in [0.2, 0.25) is 0 Å². The Labute approximate surface area is 130 Å². The fourth-order valence-electron chi connectivity index (χ4n) is 2.90. The third kappa shape index (κ3) is 7.16. The van der Waals surface area contributed by atoms with E-state index in [4.69, 9.17) is 4.74 Å². The molecule has 4 heteroatoms. The lowest BCUT2D eigenvalue weighted by atomic mass is 9.92. The molecule has 0 bridgehead atoms. The van der Waals surface area contributed by atoms with Gasteiger partial charge in [0, 0.05) is 25.7 Å². The van der Waals surface area contributed by atoms with E-state index in [0.717, 1.165) is 26.1 Å². The number of ether oxygens (including phenoxy) is 1. The van der Waals surface area contributed by atoms with Gasteiger partial charge in [0.15, 0.2) is 0 Å². The van der Waals surface area contributed by atoms with E-state index in [1.165, 1.54) is 19.3 Å². The van der Waals surface area contributed by atoms with Gasteiger partial charge in [-0.15, -0.1) is 0 Å². The van der Waals surface area contributed by atoms with Gasteiger partial charge in [0.25, 0.3) is 0 Å². The van der Waals surface area contributed by atoms with Gasteiger partial charge in [0.2, 0.25) is 0 Å². The summed E-state index contributed by atoms with van der Waals surface area (Å²) in [6, 6.07) is 0.599. The summed E-state index contributed by atoms with van der Waals surface area (Å²) in [5, 5.41) is 3.59. The van der Waals surface area contributed by atoms with Crippen molar-refractivity contribution in [1.82, 2.24) is 10.2 Å². The van der Waals surface area contributed by atoms with E-state index in [2.05, 4.69) is 26.1 Å². The molecule has 0 aromatic rings. The second-order valence-electron chi connectivity index (χ2n) is 8.03. The highest BCUT2D eigenvalue weighted by Gasteiger charge is 2.30. The molecule has 1 aliphatic carbocycles. The molecule has 1 aliphatic rings. The first-order valence-electron chi connectivity index (χ1n) is 8.34. The van der Waals surface area contributed by atoms with Crippen LogP contribution in [0, 0.1) is 5.41 Å². The Kier molecular flexibility index (Phi) is 6.51. The normalized spacial score (nSPS) is 21.3. The molecule has 21 heavy (non-hydrogen) atoms. The first-order chi connectivity index (χ1) is 9.63. The maximum Gasteiger partial charge on any atom is 0.410 e. The van der Waals surface area contributed by atoms with Crippen LogP contribution in [0.4, 0.5) is 4.79 Å². The number of carbonyl (C=O) groups is 1. The first kappa shape index (κ1) is 18.3. The lowest BCUT2D eigenvalue weighted by molar-refractivity contribution is 0.0250. The van der Waals surface area contributed by atoms with Gasteiger partial charge in [-0.3, -0.25) is 0 Å². The number of nitrogens with zero attached hydrogens (tertiary/aromatic N) is 1. The monoisotopic (exact) mass is 298 g/mol. The van der Waals surface area contributed by atoms with Gasteiger partial charge in [0.1, 0.15) is 5.60 Å². The van der Waals surface area contributed by atoms with Gasteiger partial charge < -0.3 is 15.0 Å². The lowest BCUT2D eigenvalue weighted by Gasteiger charge is -2.27. The van der Waals surface area contributed by atoms with Crippen molar-refractivity contribution in [3.05, 3.63) is 0 Å². The number of carbonyl (C=O) groups excluding carboxylic acids is 1. The summed E-state index contributed by atoms with van der Waals surface area (Å²) in [5.41, 5.74) is 0.0396. The molecule has 0 spiro atoms. The van der Waals surface area contributed by atoms with Gasteiger partial charge in [-0.05, 0) is 51.9 Å². The highest BCUT2D eigenvalue weighted by molar-refractivity contribution is 5.68. The molecule has 1 saturated carbocycles. The average molecular weight is 298 g/mol. The van der Waals surface area contributed by atoms with Crippen LogP contribution in [0.5, 0.6) is 0 Å². The minimum atomic E-state index is -0.425. The maximum atomic E-state index is 12.2. The number of rotatable bonds is 6. The lowest BCUT2D eigenvalue weighted by Crippen LogP contribution is -2.42. The van der Waals surface area contributed by atoms with Crippen LogP contribution in [0.25, 0.3) is 0 Å². The van der Waals surface area contributed by atoms with Crippen LogP contribution >= 0.6 is 0 Å². The van der Waals surface area contributed by atoms with Gasteiger partial charge >= 0.3 is 6.09 Å². The second-order valence-corrected chi connectivity index (χ2v) is 8.03. The van der Waals surface area contributed by atoms with Gasteiger partial charge in [-0.25, -0.2) is 4.79 Å². The quantitative estimate of drug-likeness (QED) is 0.811. The molecule has 0 saturated heterocycles. The predicted molar refractivity (Wildman–Crippen MR) is 87.5 cm³/mol. The summed E-state index contributed by atoms with van der Waals surface area (Å²) in [6.07, 6.45) is 4.52. The molecule has 1 unspecified atom stereocenters. The summed E-state index contributed by atoms with van der Waals surface area (Å²) in [7, 11) is 0. The topological polar surface area (TPSA) is 41.6 Å². The zero-order valence-corrected chi connectivity index (χ0v) is 14.8. The van der Waals surface area contributed by atoms with E-state index in [1.807, 2.05) is 25.7 Å². The van der Waals surface area contributed by atoms with Crippen LogP contribution in [-0.2, 0) is 4.74 Å². The van der Waals surface area contributed by atoms with Crippen molar-refractivity contribution in [2.75, 3.05) is 19.6 Å². The molecule has 1 rings (SSSR count). The van der Waals surface area contributed by atoms with E-state index < -0.39 is 5.60 Å². The summed E-state index contributed by atoms with van der Waals surface area (Å²) in [4.78, 5) is 14.0. The van der Waals surface area contributed by atoms with Crippen LogP contribution in [-0.4, -0.2) is 42.3 Å². The Morgan fingerprint density at radius 1 is 1.33 bits per heavy atom. The largest absolute Gasteiger partial charge is 0.444 e. The van der Waals surface area contributed by atoms with Gasteiger partial charge in [0.05, 0.1) is 0 Å². The third-order valence-electron chi connectivity index (χ3n) is 3.93. The van der Waals surface area contributed by atoms with Crippen molar-refractivity contribution >= 4 is 6.09 Å². The molecule has 0 heterocycles. The Bertz CT molecular complexity index is 334. The summed E-state index contributed by atoms with van der Waals surface area (Å²) in [5.74, 6) is 0. The number of hydrogen-bond acceptors (Lipinski definition) is 3. The molecular weight excluding hydrogens is 264 g/mol. The fourth-order valence-corrected chi connectivity index (χ4v) is 2.90. The van der Waals surface area contributed by atoms with Gasteiger partial charge in [-0.1, -0.05) is 20.8 Å². The molecule has 0 aromatic heterocycles. The Hall–Kier alpha value is -0.770. The highest BCUT2D eigenvalue weighted by atomic mass is 16.6. The molecule has 0 radical (unpaired) electrons. The van der Waals surface area contributed by atoms with Crippen molar-refractivity contribution in [1.29, 1.82) is 0 Å². The van der Waals surface area contributed by atoms with Crippen molar-refractivity contribution in [3.63, 3.8) is 0 Å². The van der Waals surface area contributed by atoms with E-state index in [-0.39, 0.29) is 6.09 Å². The zero-order valence-electron chi connectivity index (χ0n) is 14.8. The smallest absolute Gasteiger partial charge is 0.410 e. The van der Waals surface area contributed by atoms with Gasteiger partial charge in [-0.2, -0.15) is 0 Å². The Morgan fingerprint density at radius 3 is 2.48 bits per heavy atom. The van der Waals surface area contributed by atoms with E-state index in [0.29, 0.717) is 11.5 Å². The van der Waals surface area contributed by atoms with Crippen LogP contribution in [0.15, 0.2) is 0 Å². The van der Waals surface area contributed by atoms with E-state index in [9.17, 15) is 4.79 Å². The number of nitrogens with one attached hydrogen (secondary N) is 1. The van der Waals surface area contributed by atoms with Crippen molar-refractivity contribution in [3.8, 4) is 0 Å². The number of amides is 1. The highest BCUT2D eigenvalue weighted by Crippen LogP contribution is 2.36. The zero-order chi connectivity index (χ0) is 16.1. The second kappa shape index (κ2) is 7.48. The molecular formula is C17H34N2O2. The van der Waals surface area contributed by atoms with Crippen molar-refractivity contribution in [2.24, 2.45) is 5.41 Å². The molecule has 1 atom stereocenters. The summed E-state index contributed by atoms with van der Waals surface area (Å²) in [6.45, 7) is 14.8. The number of hydrogen-bond donors (Lipinski definition) is 1. The Balaban J connectivity index is 2.36. The van der Waals surface area contributed by atoms with Crippen molar-refractivity contribution < 1.29 is 9.53 Å². The molecule has 0 aromatic carbocycles. The van der Waals surface area contributed by atoms with Crippen LogP contribution < -0.4 is 5.32 Å². The first-order valence-corrected chi connectivity index (χ1v) is 8.34. The average Bonchev–Trinajstić information content (AvgIpc) is 2.65. The van der Waals surface area contributed by atoms with Crippen LogP contribution in [0.1, 0.15) is 67.2 Å². The minimum Gasteiger partial charge on any atom is -0.444 e. The SMILES string of the molecule is CCCN(CCNC1CCC(C)(C)C1)C(=O)OC(C)(C)C. The van der Waals surface area contributed by atoms with E-state index >= 15 is 0 Å². The van der Waals surface area contributed by atoms with Crippen LogP contribution in [0.3, 0.4) is 0 Å². The summed E-state index contributed by atoms with van der Waals surface area (Å²) < 4.78 is 5.47.